The van der Waals surface area contributed by atoms with Gasteiger partial charge in [0.05, 0.1) is 25.8 Å². The third-order valence-corrected chi connectivity index (χ3v) is 6.30. The van der Waals surface area contributed by atoms with Crippen molar-refractivity contribution in [3.05, 3.63) is 57.8 Å². The number of aliphatic imine (C=N–C) groups is 1. The number of hydrogen-bond acceptors (Lipinski definition) is 5. The standard InChI is InChI=1S/C23H35N5OS/c1-4-24-23(26-17-21(27(2)3)22-10-7-15-30-22)25-16-19-8-5-6-9-20(19)18-28-11-13-29-14-12-28/h5-10,15,21H,4,11-14,16-18H2,1-3H3,(H2,24,25,26). The monoisotopic (exact) mass is 429 g/mol. The summed E-state index contributed by atoms with van der Waals surface area (Å²) >= 11 is 1.80. The predicted molar refractivity (Wildman–Crippen MR) is 126 cm³/mol. The van der Waals surface area contributed by atoms with Crippen LogP contribution < -0.4 is 10.6 Å². The zero-order chi connectivity index (χ0) is 21.2. The molecule has 0 spiro atoms. The predicted octanol–water partition coefficient (Wildman–Crippen LogP) is 2.94. The number of guanidine groups is 1. The van der Waals surface area contributed by atoms with E-state index in [4.69, 9.17) is 9.73 Å². The molecule has 2 N–H and O–H groups in total. The molecule has 0 amide bonds. The van der Waals surface area contributed by atoms with Gasteiger partial charge in [-0.05, 0) is 43.6 Å². The third-order valence-electron chi connectivity index (χ3n) is 5.33. The van der Waals surface area contributed by atoms with Crippen LogP contribution in [0.15, 0.2) is 46.8 Å². The molecule has 0 aliphatic carbocycles. The summed E-state index contributed by atoms with van der Waals surface area (Å²) in [6.07, 6.45) is 0. The van der Waals surface area contributed by atoms with Gasteiger partial charge in [-0.1, -0.05) is 30.3 Å². The summed E-state index contributed by atoms with van der Waals surface area (Å²) in [5, 5.41) is 9.06. The largest absolute Gasteiger partial charge is 0.379 e. The molecule has 1 aromatic heterocycles. The summed E-state index contributed by atoms with van der Waals surface area (Å²) in [6, 6.07) is 13.3. The van der Waals surface area contributed by atoms with Gasteiger partial charge in [0.15, 0.2) is 5.96 Å². The molecular formula is C23H35N5OS. The molecule has 1 aliphatic rings. The van der Waals surface area contributed by atoms with E-state index in [1.54, 1.807) is 11.3 Å². The maximum Gasteiger partial charge on any atom is 0.191 e. The number of nitrogens with zero attached hydrogens (tertiary/aromatic N) is 3. The van der Waals surface area contributed by atoms with Crippen LogP contribution in [0, 0.1) is 0 Å². The Morgan fingerprint density at radius 3 is 2.57 bits per heavy atom. The van der Waals surface area contributed by atoms with Crippen LogP contribution in [0.4, 0.5) is 0 Å². The zero-order valence-electron chi connectivity index (χ0n) is 18.4. The fourth-order valence-corrected chi connectivity index (χ4v) is 4.51. The minimum Gasteiger partial charge on any atom is -0.379 e. The van der Waals surface area contributed by atoms with E-state index in [1.807, 2.05) is 0 Å². The molecular weight excluding hydrogens is 394 g/mol. The van der Waals surface area contributed by atoms with Crippen LogP contribution in [0.5, 0.6) is 0 Å². The summed E-state index contributed by atoms with van der Waals surface area (Å²) in [7, 11) is 4.25. The maximum atomic E-state index is 5.48. The Kier molecular flexibility index (Phi) is 9.14. The number of morpholine rings is 1. The second kappa shape index (κ2) is 12.1. The first-order chi connectivity index (χ1) is 14.7. The van der Waals surface area contributed by atoms with Crippen molar-refractivity contribution in [2.45, 2.75) is 26.1 Å². The Morgan fingerprint density at radius 2 is 1.90 bits per heavy atom. The smallest absolute Gasteiger partial charge is 0.191 e. The lowest BCUT2D eigenvalue weighted by molar-refractivity contribution is 0.0341. The van der Waals surface area contributed by atoms with Crippen molar-refractivity contribution in [2.24, 2.45) is 4.99 Å². The molecule has 1 saturated heterocycles. The molecule has 2 heterocycles. The van der Waals surface area contributed by atoms with Gasteiger partial charge in [0.1, 0.15) is 0 Å². The summed E-state index contributed by atoms with van der Waals surface area (Å²) in [5.41, 5.74) is 2.63. The SMILES string of the molecule is CCNC(=NCc1ccccc1CN1CCOCC1)NCC(c1cccs1)N(C)C. The van der Waals surface area contributed by atoms with Gasteiger partial charge in [-0.15, -0.1) is 11.3 Å². The van der Waals surface area contributed by atoms with E-state index in [0.29, 0.717) is 12.6 Å². The fraction of sp³-hybridized carbons (Fsp3) is 0.522. The van der Waals surface area contributed by atoms with Crippen molar-refractivity contribution >= 4 is 17.3 Å². The first-order valence-electron chi connectivity index (χ1n) is 10.8. The van der Waals surface area contributed by atoms with E-state index in [1.165, 1.54) is 16.0 Å². The molecule has 1 fully saturated rings. The van der Waals surface area contributed by atoms with Crippen molar-refractivity contribution < 1.29 is 4.74 Å². The highest BCUT2D eigenvalue weighted by atomic mass is 32.1. The topological polar surface area (TPSA) is 52.1 Å². The minimum atomic E-state index is 0.322. The van der Waals surface area contributed by atoms with Crippen LogP contribution in [-0.2, 0) is 17.8 Å². The second-order valence-electron chi connectivity index (χ2n) is 7.73. The Balaban J connectivity index is 1.64. The maximum absolute atomic E-state index is 5.48. The second-order valence-corrected chi connectivity index (χ2v) is 8.71. The summed E-state index contributed by atoms with van der Waals surface area (Å²) in [6.45, 7) is 9.03. The summed E-state index contributed by atoms with van der Waals surface area (Å²) in [4.78, 5) is 11.0. The molecule has 1 atom stereocenters. The summed E-state index contributed by atoms with van der Waals surface area (Å²) < 4.78 is 5.48. The lowest BCUT2D eigenvalue weighted by atomic mass is 10.1. The van der Waals surface area contributed by atoms with E-state index in [0.717, 1.165) is 51.9 Å². The van der Waals surface area contributed by atoms with Crippen LogP contribution in [0.1, 0.15) is 29.0 Å². The van der Waals surface area contributed by atoms with E-state index < -0.39 is 0 Å². The number of thiophene rings is 1. The van der Waals surface area contributed by atoms with E-state index >= 15 is 0 Å². The third kappa shape index (κ3) is 6.80. The number of rotatable bonds is 9. The number of hydrogen-bond donors (Lipinski definition) is 2. The molecule has 0 saturated carbocycles. The van der Waals surface area contributed by atoms with Gasteiger partial charge in [0.2, 0.25) is 0 Å². The molecule has 0 radical (unpaired) electrons. The molecule has 7 heteroatoms. The highest BCUT2D eigenvalue weighted by molar-refractivity contribution is 7.10. The molecule has 1 aromatic carbocycles. The Hall–Kier alpha value is -1.93. The van der Waals surface area contributed by atoms with Gasteiger partial charge in [0, 0.05) is 37.6 Å². The van der Waals surface area contributed by atoms with Crippen LogP contribution in [0.25, 0.3) is 0 Å². The number of nitrogens with one attached hydrogen (secondary N) is 2. The summed E-state index contributed by atoms with van der Waals surface area (Å²) in [5.74, 6) is 0.863. The van der Waals surface area contributed by atoms with Crippen LogP contribution >= 0.6 is 11.3 Å². The van der Waals surface area contributed by atoms with Crippen molar-refractivity contribution in [1.82, 2.24) is 20.4 Å². The molecule has 164 valence electrons. The first kappa shape index (κ1) is 22.7. The average Bonchev–Trinajstić information content (AvgIpc) is 3.28. The molecule has 6 nitrogen and oxygen atoms in total. The van der Waals surface area contributed by atoms with Gasteiger partial charge in [-0.3, -0.25) is 4.90 Å². The lowest BCUT2D eigenvalue weighted by Gasteiger charge is -2.27. The normalized spacial score (nSPS) is 16.6. The molecule has 1 aliphatic heterocycles. The highest BCUT2D eigenvalue weighted by Gasteiger charge is 2.16. The average molecular weight is 430 g/mol. The van der Waals surface area contributed by atoms with Crippen LogP contribution in [0.3, 0.4) is 0 Å². The van der Waals surface area contributed by atoms with Crippen molar-refractivity contribution in [3.8, 4) is 0 Å². The lowest BCUT2D eigenvalue weighted by Crippen LogP contribution is -2.41. The van der Waals surface area contributed by atoms with Gasteiger partial charge in [-0.2, -0.15) is 0 Å². The van der Waals surface area contributed by atoms with Crippen LogP contribution in [0.2, 0.25) is 0 Å². The number of ether oxygens (including phenoxy) is 1. The van der Waals surface area contributed by atoms with Gasteiger partial charge in [-0.25, -0.2) is 4.99 Å². The quantitative estimate of drug-likeness (QED) is 0.474. The molecule has 1 unspecified atom stereocenters. The minimum absolute atomic E-state index is 0.322. The highest BCUT2D eigenvalue weighted by Crippen LogP contribution is 2.22. The first-order valence-corrected chi connectivity index (χ1v) is 11.6. The Labute approximate surface area is 184 Å². The van der Waals surface area contributed by atoms with E-state index in [9.17, 15) is 0 Å². The van der Waals surface area contributed by atoms with E-state index in [2.05, 4.69) is 83.2 Å². The number of benzene rings is 1. The van der Waals surface area contributed by atoms with Crippen LogP contribution in [-0.4, -0.2) is 69.2 Å². The Bertz CT molecular complexity index is 772. The fourth-order valence-electron chi connectivity index (χ4n) is 3.58. The number of likely N-dealkylation sites (N-methyl/N-ethyl adjacent to an activating group) is 1. The van der Waals surface area contributed by atoms with Gasteiger partial charge >= 0.3 is 0 Å². The van der Waals surface area contributed by atoms with Crippen molar-refractivity contribution in [1.29, 1.82) is 0 Å². The zero-order valence-corrected chi connectivity index (χ0v) is 19.3. The van der Waals surface area contributed by atoms with E-state index in [-0.39, 0.29) is 0 Å². The molecule has 0 bridgehead atoms. The molecule has 30 heavy (non-hydrogen) atoms. The van der Waals surface area contributed by atoms with Gasteiger partial charge < -0.3 is 20.3 Å². The van der Waals surface area contributed by atoms with Crippen molar-refractivity contribution in [3.63, 3.8) is 0 Å². The molecule has 3 rings (SSSR count). The Morgan fingerprint density at radius 1 is 1.13 bits per heavy atom. The van der Waals surface area contributed by atoms with Crippen molar-refractivity contribution in [2.75, 3.05) is 53.5 Å². The molecule has 2 aromatic rings. The van der Waals surface area contributed by atoms with Gasteiger partial charge in [0.25, 0.3) is 0 Å².